The lowest BCUT2D eigenvalue weighted by Crippen LogP contribution is -2.11. The Morgan fingerprint density at radius 2 is 1.66 bits per heavy atom. The molecule has 0 saturated heterocycles. The number of carbonyl (C=O) groups excluding carboxylic acids is 1. The molecule has 0 saturated carbocycles. The molecule has 178 valence electrons. The molecule has 1 N–H and O–H groups in total. The van der Waals surface area contributed by atoms with Gasteiger partial charge >= 0.3 is 0 Å². The maximum Gasteiger partial charge on any atom is 0.291 e. The number of nitro benzene ring substituents is 1. The lowest BCUT2D eigenvalue weighted by Gasteiger charge is -2.09. The minimum atomic E-state index is -0.551. The van der Waals surface area contributed by atoms with Crippen LogP contribution in [0.3, 0.4) is 0 Å². The number of rotatable bonds is 9. The normalized spacial score (nSPS) is 10.6. The monoisotopic (exact) mass is 472 g/mol. The average molecular weight is 472 g/mol. The van der Waals surface area contributed by atoms with Gasteiger partial charge in [0.25, 0.3) is 11.6 Å². The number of hydrogen-bond acceptors (Lipinski definition) is 6. The fraction of sp³-hybridized carbons (Fsp3) is 0.148. The number of ether oxygens (including phenoxy) is 2. The molecule has 35 heavy (non-hydrogen) atoms. The summed E-state index contributed by atoms with van der Waals surface area (Å²) in [5.41, 5.74) is 2.26. The van der Waals surface area contributed by atoms with Crippen LogP contribution in [0.2, 0.25) is 0 Å². The Bertz CT molecular complexity index is 1330. The first-order chi connectivity index (χ1) is 16.9. The summed E-state index contributed by atoms with van der Waals surface area (Å²) in [6, 6.07) is 22.2. The number of nitro groups is 1. The van der Waals surface area contributed by atoms with Crippen molar-refractivity contribution in [1.82, 2.24) is 0 Å². The highest BCUT2D eigenvalue weighted by Crippen LogP contribution is 2.30. The van der Waals surface area contributed by atoms with E-state index in [2.05, 4.69) is 12.2 Å². The van der Waals surface area contributed by atoms with E-state index in [0.29, 0.717) is 17.3 Å². The summed E-state index contributed by atoms with van der Waals surface area (Å²) in [4.78, 5) is 23.5. The molecule has 0 aliphatic carbocycles. The van der Waals surface area contributed by atoms with Gasteiger partial charge in [0.05, 0.1) is 16.7 Å². The second-order valence-corrected chi connectivity index (χ2v) is 7.89. The molecule has 0 radical (unpaired) electrons. The summed E-state index contributed by atoms with van der Waals surface area (Å²) in [5.74, 6) is 1.41. The van der Waals surface area contributed by atoms with E-state index < -0.39 is 10.8 Å². The minimum absolute atomic E-state index is 0.0532. The van der Waals surface area contributed by atoms with Gasteiger partial charge < -0.3 is 19.2 Å². The summed E-state index contributed by atoms with van der Waals surface area (Å²) in [6.07, 6.45) is 0.946. The third-order valence-corrected chi connectivity index (χ3v) is 5.21. The van der Waals surface area contributed by atoms with E-state index in [9.17, 15) is 14.9 Å². The Hall–Kier alpha value is -4.59. The first-order valence-electron chi connectivity index (χ1n) is 11.1. The fourth-order valence-electron chi connectivity index (χ4n) is 3.31. The zero-order valence-electron chi connectivity index (χ0n) is 19.3. The highest BCUT2D eigenvalue weighted by Gasteiger charge is 2.16. The van der Waals surface area contributed by atoms with Crippen LogP contribution in [0.1, 0.15) is 34.4 Å². The summed E-state index contributed by atoms with van der Waals surface area (Å²) in [5, 5.41) is 14.0. The van der Waals surface area contributed by atoms with Gasteiger partial charge in [-0.05, 0) is 55.3 Å². The number of non-ortho nitro benzene ring substituents is 1. The van der Waals surface area contributed by atoms with Gasteiger partial charge in [-0.3, -0.25) is 14.9 Å². The third-order valence-electron chi connectivity index (χ3n) is 5.21. The Morgan fingerprint density at radius 1 is 0.943 bits per heavy atom. The van der Waals surface area contributed by atoms with Crippen LogP contribution in [0.15, 0.2) is 83.3 Å². The summed E-state index contributed by atoms with van der Waals surface area (Å²) < 4.78 is 17.1. The third kappa shape index (κ3) is 6.26. The molecular weight excluding hydrogens is 448 g/mol. The van der Waals surface area contributed by atoms with Gasteiger partial charge in [0.2, 0.25) is 0 Å². The van der Waals surface area contributed by atoms with Crippen molar-refractivity contribution in [3.05, 3.63) is 112 Å². The SMILES string of the molecule is CCc1ccc(OCc2ccc(C(=O)Nc3cc(Oc4ccc(C)cc4)cc([N+](=O)[O-])c3)o2)cc1. The first-order valence-corrected chi connectivity index (χ1v) is 11.1. The Morgan fingerprint density at radius 3 is 2.34 bits per heavy atom. The van der Waals surface area contributed by atoms with Gasteiger partial charge in [-0.1, -0.05) is 36.8 Å². The van der Waals surface area contributed by atoms with Crippen molar-refractivity contribution in [1.29, 1.82) is 0 Å². The van der Waals surface area contributed by atoms with Gasteiger partial charge in [-0.25, -0.2) is 0 Å². The lowest BCUT2D eigenvalue weighted by molar-refractivity contribution is -0.384. The van der Waals surface area contributed by atoms with E-state index in [1.807, 2.05) is 43.3 Å². The van der Waals surface area contributed by atoms with E-state index in [-0.39, 0.29) is 29.5 Å². The molecule has 0 unspecified atom stereocenters. The Labute approximate surface area is 202 Å². The summed E-state index contributed by atoms with van der Waals surface area (Å²) in [7, 11) is 0. The molecule has 1 amide bonds. The standard InChI is InChI=1S/C27H24N2O6/c1-3-19-6-10-22(11-7-19)33-17-24-12-13-26(35-24)27(30)28-20-14-21(29(31)32)16-25(15-20)34-23-8-4-18(2)5-9-23/h4-16H,3,17H2,1-2H3,(H,28,30). The van der Waals surface area contributed by atoms with Gasteiger partial charge in [0.1, 0.15) is 29.6 Å². The molecule has 0 atom stereocenters. The number of furan rings is 1. The van der Waals surface area contributed by atoms with Gasteiger partial charge in [-0.2, -0.15) is 0 Å². The zero-order valence-corrected chi connectivity index (χ0v) is 19.3. The lowest BCUT2D eigenvalue weighted by atomic mass is 10.2. The van der Waals surface area contributed by atoms with Crippen LogP contribution < -0.4 is 14.8 Å². The molecule has 0 bridgehead atoms. The second-order valence-electron chi connectivity index (χ2n) is 7.89. The molecule has 8 nitrogen and oxygen atoms in total. The van der Waals surface area contributed by atoms with E-state index >= 15 is 0 Å². The molecule has 0 fully saturated rings. The molecule has 1 heterocycles. The van der Waals surface area contributed by atoms with E-state index in [1.165, 1.54) is 29.8 Å². The van der Waals surface area contributed by atoms with Crippen LogP contribution in [0.25, 0.3) is 0 Å². The Kier molecular flexibility index (Phi) is 7.11. The number of anilines is 1. The molecule has 0 spiro atoms. The van der Waals surface area contributed by atoms with Crippen molar-refractivity contribution in [2.24, 2.45) is 0 Å². The van der Waals surface area contributed by atoms with Crippen molar-refractivity contribution >= 4 is 17.3 Å². The van der Waals surface area contributed by atoms with Gasteiger partial charge in [0, 0.05) is 12.1 Å². The fourth-order valence-corrected chi connectivity index (χ4v) is 3.31. The number of amides is 1. The Balaban J connectivity index is 1.43. The number of hydrogen-bond donors (Lipinski definition) is 1. The van der Waals surface area contributed by atoms with Crippen LogP contribution in [-0.4, -0.2) is 10.8 Å². The highest BCUT2D eigenvalue weighted by atomic mass is 16.6. The van der Waals surface area contributed by atoms with Gasteiger partial charge in [0.15, 0.2) is 5.76 Å². The first kappa shape index (κ1) is 23.6. The number of benzene rings is 3. The molecule has 4 aromatic rings. The number of carbonyl (C=O) groups is 1. The molecule has 8 heteroatoms. The van der Waals surface area contributed by atoms with E-state index in [0.717, 1.165) is 12.0 Å². The topological polar surface area (TPSA) is 104 Å². The average Bonchev–Trinajstić information content (AvgIpc) is 3.34. The molecule has 0 aliphatic heterocycles. The molecular formula is C27H24N2O6. The van der Waals surface area contributed by atoms with Crippen LogP contribution in [0, 0.1) is 17.0 Å². The molecule has 4 rings (SSSR count). The smallest absolute Gasteiger partial charge is 0.291 e. The van der Waals surface area contributed by atoms with Crippen LogP contribution in [-0.2, 0) is 13.0 Å². The maximum absolute atomic E-state index is 12.7. The largest absolute Gasteiger partial charge is 0.486 e. The van der Waals surface area contributed by atoms with Crippen molar-refractivity contribution < 1.29 is 23.6 Å². The van der Waals surface area contributed by atoms with Crippen LogP contribution in [0.5, 0.6) is 17.2 Å². The van der Waals surface area contributed by atoms with Crippen molar-refractivity contribution in [3.8, 4) is 17.2 Å². The quantitative estimate of drug-likeness (QED) is 0.215. The predicted octanol–water partition coefficient (Wildman–Crippen LogP) is 6.68. The van der Waals surface area contributed by atoms with E-state index in [4.69, 9.17) is 13.9 Å². The van der Waals surface area contributed by atoms with Crippen LogP contribution in [0.4, 0.5) is 11.4 Å². The second kappa shape index (κ2) is 10.6. The minimum Gasteiger partial charge on any atom is -0.486 e. The predicted molar refractivity (Wildman–Crippen MR) is 131 cm³/mol. The molecule has 1 aromatic heterocycles. The highest BCUT2D eigenvalue weighted by molar-refractivity contribution is 6.02. The number of nitrogens with one attached hydrogen (secondary N) is 1. The summed E-state index contributed by atoms with van der Waals surface area (Å²) in [6.45, 7) is 4.18. The van der Waals surface area contributed by atoms with Crippen molar-refractivity contribution in [2.75, 3.05) is 5.32 Å². The molecule has 3 aromatic carbocycles. The molecule has 0 aliphatic rings. The van der Waals surface area contributed by atoms with E-state index in [1.54, 1.807) is 18.2 Å². The zero-order chi connectivity index (χ0) is 24.8. The van der Waals surface area contributed by atoms with Crippen molar-refractivity contribution in [3.63, 3.8) is 0 Å². The van der Waals surface area contributed by atoms with Crippen molar-refractivity contribution in [2.45, 2.75) is 26.9 Å². The number of aryl methyl sites for hydroxylation is 2. The maximum atomic E-state index is 12.7. The summed E-state index contributed by atoms with van der Waals surface area (Å²) >= 11 is 0. The number of nitrogens with zero attached hydrogens (tertiary/aromatic N) is 1. The van der Waals surface area contributed by atoms with Gasteiger partial charge in [-0.15, -0.1) is 0 Å². The van der Waals surface area contributed by atoms with Crippen LogP contribution >= 0.6 is 0 Å².